The molecule has 1 aromatic heterocycles. The topological polar surface area (TPSA) is 20.2 Å². The van der Waals surface area contributed by atoms with Gasteiger partial charge >= 0.3 is 0 Å². The highest BCUT2D eigenvalue weighted by Crippen LogP contribution is 2.35. The Morgan fingerprint density at radius 2 is 1.81 bits per heavy atom. The van der Waals surface area contributed by atoms with Crippen LogP contribution in [0.25, 0.3) is 0 Å². The van der Waals surface area contributed by atoms with Crippen LogP contribution >= 0.6 is 23.1 Å². The molecular formula is C18H30OS2. The van der Waals surface area contributed by atoms with Gasteiger partial charge in [-0.2, -0.15) is 11.8 Å². The molecule has 1 aliphatic heterocycles. The van der Waals surface area contributed by atoms with E-state index in [9.17, 15) is 5.11 Å². The summed E-state index contributed by atoms with van der Waals surface area (Å²) < 4.78 is 0. The van der Waals surface area contributed by atoms with E-state index in [2.05, 4.69) is 13.0 Å². The molecule has 2 rings (SSSR count). The minimum Gasteiger partial charge on any atom is -0.388 e. The standard InChI is InChI=1S/C18H30OS2/c1-2-3-4-5-6-7-8-9-10-16(19)18-13-15-14-20-12-11-17(15)21-18/h13,16,19H,2-12,14H2,1H3. The molecule has 0 saturated carbocycles. The molecule has 0 saturated heterocycles. The zero-order valence-electron chi connectivity index (χ0n) is 13.4. The van der Waals surface area contributed by atoms with E-state index in [0.717, 1.165) is 12.2 Å². The van der Waals surface area contributed by atoms with Crippen LogP contribution in [-0.2, 0) is 12.2 Å². The predicted molar refractivity (Wildman–Crippen MR) is 96.4 cm³/mol. The number of fused-ring (bicyclic) bond motifs is 1. The minimum absolute atomic E-state index is 0.217. The van der Waals surface area contributed by atoms with Crippen LogP contribution in [0.1, 0.15) is 86.1 Å². The van der Waals surface area contributed by atoms with Crippen molar-refractivity contribution >= 4 is 23.1 Å². The molecular weight excluding hydrogens is 296 g/mol. The molecule has 0 bridgehead atoms. The largest absolute Gasteiger partial charge is 0.388 e. The van der Waals surface area contributed by atoms with Gasteiger partial charge in [-0.1, -0.05) is 58.3 Å². The number of aliphatic hydroxyl groups excluding tert-OH is 1. The van der Waals surface area contributed by atoms with E-state index in [0.29, 0.717) is 0 Å². The third-order valence-electron chi connectivity index (χ3n) is 4.31. The summed E-state index contributed by atoms with van der Waals surface area (Å²) in [6, 6.07) is 2.27. The van der Waals surface area contributed by atoms with Gasteiger partial charge in [0.2, 0.25) is 0 Å². The second-order valence-electron chi connectivity index (χ2n) is 6.18. The molecule has 2 heterocycles. The smallest absolute Gasteiger partial charge is 0.0882 e. The molecule has 1 atom stereocenters. The fourth-order valence-electron chi connectivity index (χ4n) is 2.95. The summed E-state index contributed by atoms with van der Waals surface area (Å²) in [5.41, 5.74) is 1.49. The normalized spacial score (nSPS) is 15.9. The molecule has 0 amide bonds. The van der Waals surface area contributed by atoms with Crippen molar-refractivity contribution in [1.82, 2.24) is 0 Å². The zero-order chi connectivity index (χ0) is 14.9. The molecule has 1 unspecified atom stereocenters. The lowest BCUT2D eigenvalue weighted by molar-refractivity contribution is 0.167. The van der Waals surface area contributed by atoms with E-state index in [4.69, 9.17) is 0 Å². The van der Waals surface area contributed by atoms with E-state index in [1.54, 1.807) is 0 Å². The van der Waals surface area contributed by atoms with E-state index in [1.165, 1.54) is 78.9 Å². The van der Waals surface area contributed by atoms with Crippen molar-refractivity contribution < 1.29 is 5.11 Å². The maximum absolute atomic E-state index is 10.3. The van der Waals surface area contributed by atoms with Crippen molar-refractivity contribution in [3.63, 3.8) is 0 Å². The van der Waals surface area contributed by atoms with Gasteiger partial charge in [-0.25, -0.2) is 0 Å². The Morgan fingerprint density at radius 1 is 1.10 bits per heavy atom. The van der Waals surface area contributed by atoms with E-state index >= 15 is 0 Å². The van der Waals surface area contributed by atoms with E-state index < -0.39 is 0 Å². The predicted octanol–water partition coefficient (Wildman–Crippen LogP) is 6.10. The number of hydrogen-bond acceptors (Lipinski definition) is 3. The lowest BCUT2D eigenvalue weighted by atomic mass is 10.0. The second kappa shape index (κ2) is 9.91. The highest BCUT2D eigenvalue weighted by molar-refractivity contribution is 7.98. The van der Waals surface area contributed by atoms with Crippen molar-refractivity contribution in [3.8, 4) is 0 Å². The molecule has 0 aliphatic carbocycles. The maximum atomic E-state index is 10.3. The monoisotopic (exact) mass is 326 g/mol. The number of rotatable bonds is 10. The first-order valence-electron chi connectivity index (χ1n) is 8.68. The molecule has 1 N–H and O–H groups in total. The van der Waals surface area contributed by atoms with Crippen LogP contribution in [0, 0.1) is 0 Å². The molecule has 21 heavy (non-hydrogen) atoms. The molecule has 0 spiro atoms. The van der Waals surface area contributed by atoms with Gasteiger partial charge in [0.1, 0.15) is 0 Å². The van der Waals surface area contributed by atoms with Crippen LogP contribution in [0.4, 0.5) is 0 Å². The zero-order valence-corrected chi connectivity index (χ0v) is 15.0. The van der Waals surface area contributed by atoms with Crippen LogP contribution in [-0.4, -0.2) is 10.9 Å². The van der Waals surface area contributed by atoms with Gasteiger partial charge in [-0.05, 0) is 30.2 Å². The van der Waals surface area contributed by atoms with Crippen molar-refractivity contribution in [2.45, 2.75) is 83.0 Å². The Balaban J connectivity index is 1.59. The number of hydrogen-bond donors (Lipinski definition) is 1. The molecule has 1 aromatic rings. The minimum atomic E-state index is -0.217. The van der Waals surface area contributed by atoms with Gasteiger partial charge in [-0.15, -0.1) is 11.3 Å². The van der Waals surface area contributed by atoms with Gasteiger partial charge in [0, 0.05) is 15.5 Å². The third-order valence-corrected chi connectivity index (χ3v) is 6.65. The Labute approximate surface area is 138 Å². The van der Waals surface area contributed by atoms with E-state index in [1.807, 2.05) is 23.1 Å². The van der Waals surface area contributed by atoms with Crippen LogP contribution in [0.5, 0.6) is 0 Å². The molecule has 120 valence electrons. The van der Waals surface area contributed by atoms with Crippen molar-refractivity contribution in [2.24, 2.45) is 0 Å². The Kier molecular flexibility index (Phi) is 8.20. The maximum Gasteiger partial charge on any atom is 0.0882 e. The summed E-state index contributed by atoms with van der Waals surface area (Å²) in [6.07, 6.45) is 12.6. The summed E-state index contributed by atoms with van der Waals surface area (Å²) in [7, 11) is 0. The molecule has 3 heteroatoms. The quantitative estimate of drug-likeness (QED) is 0.524. The van der Waals surface area contributed by atoms with Gasteiger partial charge in [-0.3, -0.25) is 0 Å². The highest BCUT2D eigenvalue weighted by Gasteiger charge is 2.17. The summed E-state index contributed by atoms with van der Waals surface area (Å²) >= 11 is 3.88. The molecule has 0 aromatic carbocycles. The molecule has 1 nitrogen and oxygen atoms in total. The van der Waals surface area contributed by atoms with Crippen molar-refractivity contribution in [3.05, 3.63) is 21.4 Å². The Bertz CT molecular complexity index is 376. The number of aryl methyl sites for hydroxylation is 1. The van der Waals surface area contributed by atoms with Crippen LogP contribution in [0.3, 0.4) is 0 Å². The molecule has 0 radical (unpaired) electrons. The Hall–Kier alpha value is 0.01000. The lowest BCUT2D eigenvalue weighted by Gasteiger charge is -2.08. The third kappa shape index (κ3) is 5.96. The molecule has 0 fully saturated rings. The first kappa shape index (κ1) is 17.4. The first-order valence-corrected chi connectivity index (χ1v) is 10.7. The number of thiophene rings is 1. The van der Waals surface area contributed by atoms with Gasteiger partial charge in [0.15, 0.2) is 0 Å². The van der Waals surface area contributed by atoms with Gasteiger partial charge in [0.05, 0.1) is 6.10 Å². The van der Waals surface area contributed by atoms with Crippen LogP contribution in [0.2, 0.25) is 0 Å². The number of thioether (sulfide) groups is 1. The van der Waals surface area contributed by atoms with Crippen LogP contribution < -0.4 is 0 Å². The summed E-state index contributed by atoms with van der Waals surface area (Å²) in [5.74, 6) is 2.40. The highest BCUT2D eigenvalue weighted by atomic mass is 32.2. The van der Waals surface area contributed by atoms with Gasteiger partial charge in [0.25, 0.3) is 0 Å². The summed E-state index contributed by atoms with van der Waals surface area (Å²) in [5, 5.41) is 10.3. The second-order valence-corrected chi connectivity index (χ2v) is 8.45. The van der Waals surface area contributed by atoms with Crippen LogP contribution in [0.15, 0.2) is 6.07 Å². The fourth-order valence-corrected chi connectivity index (χ4v) is 5.35. The fraction of sp³-hybridized carbons (Fsp3) is 0.778. The average molecular weight is 327 g/mol. The Morgan fingerprint density at radius 3 is 2.52 bits per heavy atom. The molecule has 1 aliphatic rings. The first-order chi connectivity index (χ1) is 10.3. The van der Waals surface area contributed by atoms with Crippen molar-refractivity contribution in [1.29, 1.82) is 0 Å². The SMILES string of the molecule is CCCCCCCCCCC(O)c1cc2c(s1)CCSC2. The van der Waals surface area contributed by atoms with E-state index in [-0.39, 0.29) is 6.10 Å². The van der Waals surface area contributed by atoms with Gasteiger partial charge < -0.3 is 5.11 Å². The lowest BCUT2D eigenvalue weighted by Crippen LogP contribution is -1.96. The number of aliphatic hydroxyl groups is 1. The average Bonchev–Trinajstić information content (AvgIpc) is 2.94. The van der Waals surface area contributed by atoms with Crippen molar-refractivity contribution in [2.75, 3.05) is 5.75 Å². The summed E-state index contributed by atoms with van der Waals surface area (Å²) in [6.45, 7) is 2.27. The number of unbranched alkanes of at least 4 members (excludes halogenated alkanes) is 7. The summed E-state index contributed by atoms with van der Waals surface area (Å²) in [4.78, 5) is 2.74.